The molecule has 0 fully saturated rings. The molecule has 2 atom stereocenters. The van der Waals surface area contributed by atoms with Gasteiger partial charge in [0.15, 0.2) is 17.2 Å². The molecule has 1 N–H and O–H groups in total. The summed E-state index contributed by atoms with van der Waals surface area (Å²) in [5.74, 6) is -1.19. The third-order valence-corrected chi connectivity index (χ3v) is 6.63. The van der Waals surface area contributed by atoms with E-state index in [1.54, 1.807) is 29.7 Å². The molecule has 4 aromatic rings. The topological polar surface area (TPSA) is 63.8 Å². The standard InChI is InChI=1S/C27H24F2N2O3/c1-16-26(24(33)13-20-18(14-32)12-17-6-2-3-7-19(17)20)31-11-5-10-25(27(31)30-16)34-15-21-22(28)8-4-9-23(21)29/h2-11,18,20,32H,12-15H2,1H3/t18-,20?/m1/s1. The number of hydrogen-bond acceptors (Lipinski definition) is 4. The number of aliphatic hydroxyl groups excluding tert-OH is 1. The van der Waals surface area contributed by atoms with Crippen molar-refractivity contribution in [3.05, 3.63) is 101 Å². The maximum atomic E-state index is 14.0. The normalized spacial score (nSPS) is 17.2. The van der Waals surface area contributed by atoms with Crippen molar-refractivity contribution >= 4 is 11.4 Å². The molecule has 1 aliphatic rings. The van der Waals surface area contributed by atoms with Gasteiger partial charge in [-0.05, 0) is 60.6 Å². The molecule has 2 aromatic heterocycles. The Morgan fingerprint density at radius 3 is 2.65 bits per heavy atom. The predicted octanol–water partition coefficient (Wildman–Crippen LogP) is 5.02. The van der Waals surface area contributed by atoms with Crippen molar-refractivity contribution in [3.63, 3.8) is 0 Å². The summed E-state index contributed by atoms with van der Waals surface area (Å²) in [4.78, 5) is 18.0. The fourth-order valence-electron chi connectivity index (χ4n) is 4.95. The molecule has 34 heavy (non-hydrogen) atoms. The minimum atomic E-state index is -0.683. The third-order valence-electron chi connectivity index (χ3n) is 6.63. The lowest BCUT2D eigenvalue weighted by molar-refractivity contribution is 0.0950. The van der Waals surface area contributed by atoms with E-state index in [-0.39, 0.29) is 42.8 Å². The highest BCUT2D eigenvalue weighted by atomic mass is 19.1. The van der Waals surface area contributed by atoms with Crippen LogP contribution >= 0.6 is 0 Å². The van der Waals surface area contributed by atoms with Crippen molar-refractivity contribution in [1.82, 2.24) is 9.38 Å². The van der Waals surface area contributed by atoms with E-state index in [0.717, 1.165) is 12.0 Å². The first kappa shape index (κ1) is 22.2. The van der Waals surface area contributed by atoms with Gasteiger partial charge in [0, 0.05) is 19.2 Å². The van der Waals surface area contributed by atoms with E-state index in [1.165, 1.54) is 23.8 Å². The van der Waals surface area contributed by atoms with Gasteiger partial charge in [0.1, 0.15) is 23.9 Å². The zero-order chi connectivity index (χ0) is 23.8. The van der Waals surface area contributed by atoms with Crippen LogP contribution in [0.2, 0.25) is 0 Å². The average molecular weight is 462 g/mol. The summed E-state index contributed by atoms with van der Waals surface area (Å²) in [5.41, 5.74) is 3.51. The predicted molar refractivity (Wildman–Crippen MR) is 123 cm³/mol. The summed E-state index contributed by atoms with van der Waals surface area (Å²) in [6, 6.07) is 15.0. The van der Waals surface area contributed by atoms with Crippen LogP contribution < -0.4 is 4.74 Å². The summed E-state index contributed by atoms with van der Waals surface area (Å²) in [6.45, 7) is 1.47. The number of pyridine rings is 1. The third kappa shape index (κ3) is 3.86. The van der Waals surface area contributed by atoms with Gasteiger partial charge in [-0.1, -0.05) is 30.3 Å². The van der Waals surface area contributed by atoms with Gasteiger partial charge in [0.25, 0.3) is 0 Å². The molecule has 2 heterocycles. The number of ether oxygens (including phenoxy) is 1. The van der Waals surface area contributed by atoms with E-state index in [9.17, 15) is 18.7 Å². The number of halogens is 2. The fraction of sp³-hybridized carbons (Fsp3) is 0.259. The zero-order valence-electron chi connectivity index (χ0n) is 18.7. The number of ketones is 1. The Kier molecular flexibility index (Phi) is 5.87. The van der Waals surface area contributed by atoms with E-state index in [2.05, 4.69) is 4.98 Å². The van der Waals surface area contributed by atoms with Gasteiger partial charge >= 0.3 is 0 Å². The molecule has 5 nitrogen and oxygen atoms in total. The van der Waals surface area contributed by atoms with Crippen molar-refractivity contribution in [2.24, 2.45) is 5.92 Å². The Hall–Kier alpha value is -3.58. The minimum absolute atomic E-state index is 0.00426. The van der Waals surface area contributed by atoms with Crippen LogP contribution in [0.25, 0.3) is 5.65 Å². The molecule has 1 aliphatic carbocycles. The second-order valence-corrected chi connectivity index (χ2v) is 8.68. The van der Waals surface area contributed by atoms with E-state index < -0.39 is 11.6 Å². The summed E-state index contributed by atoms with van der Waals surface area (Å²) in [5, 5.41) is 9.91. The smallest absolute Gasteiger partial charge is 0.182 e. The molecule has 0 saturated heterocycles. The molecule has 0 amide bonds. The van der Waals surface area contributed by atoms with Gasteiger partial charge in [0.2, 0.25) is 0 Å². The number of nitrogens with zero attached hydrogens (tertiary/aromatic N) is 2. The van der Waals surface area contributed by atoms with Crippen LogP contribution in [-0.2, 0) is 13.0 Å². The SMILES string of the molecule is Cc1nc2c(OCc3c(F)cccc3F)cccn2c1C(=O)CC1c2ccccc2C[C@@H]1CO. The van der Waals surface area contributed by atoms with E-state index in [4.69, 9.17) is 4.74 Å². The van der Waals surface area contributed by atoms with Crippen LogP contribution in [0.15, 0.2) is 60.8 Å². The molecule has 0 radical (unpaired) electrons. The first-order valence-electron chi connectivity index (χ1n) is 11.2. The Morgan fingerprint density at radius 1 is 1.12 bits per heavy atom. The maximum absolute atomic E-state index is 14.0. The second kappa shape index (κ2) is 8.99. The first-order valence-corrected chi connectivity index (χ1v) is 11.2. The quantitative estimate of drug-likeness (QED) is 0.392. The number of carbonyl (C=O) groups is 1. The highest BCUT2D eigenvalue weighted by Crippen LogP contribution is 2.40. The molecule has 174 valence electrons. The Bertz CT molecular complexity index is 1360. The molecule has 0 saturated carbocycles. The molecular formula is C27H24F2N2O3. The lowest BCUT2D eigenvalue weighted by Gasteiger charge is -2.18. The van der Waals surface area contributed by atoms with Crippen LogP contribution in [0.5, 0.6) is 5.75 Å². The van der Waals surface area contributed by atoms with Gasteiger partial charge in [-0.3, -0.25) is 9.20 Å². The van der Waals surface area contributed by atoms with Crippen molar-refractivity contribution in [2.45, 2.75) is 32.3 Å². The minimum Gasteiger partial charge on any atom is -0.485 e. The van der Waals surface area contributed by atoms with Crippen molar-refractivity contribution in [3.8, 4) is 5.75 Å². The van der Waals surface area contributed by atoms with E-state index in [0.29, 0.717) is 22.8 Å². The first-order chi connectivity index (χ1) is 16.5. The number of carbonyl (C=O) groups excluding carboxylic acids is 1. The second-order valence-electron chi connectivity index (χ2n) is 8.68. The van der Waals surface area contributed by atoms with Crippen LogP contribution in [0, 0.1) is 24.5 Å². The summed E-state index contributed by atoms with van der Waals surface area (Å²) >= 11 is 0. The lowest BCUT2D eigenvalue weighted by atomic mass is 9.87. The highest BCUT2D eigenvalue weighted by molar-refractivity contribution is 5.97. The Morgan fingerprint density at radius 2 is 1.88 bits per heavy atom. The number of aromatic nitrogens is 2. The van der Waals surface area contributed by atoms with Crippen LogP contribution in [0.3, 0.4) is 0 Å². The fourth-order valence-corrected chi connectivity index (χ4v) is 4.95. The Balaban J connectivity index is 1.43. The summed E-state index contributed by atoms with van der Waals surface area (Å²) in [6.07, 6.45) is 2.73. The molecule has 5 rings (SSSR count). The van der Waals surface area contributed by atoms with Crippen LogP contribution in [0.1, 0.15) is 45.2 Å². The number of aliphatic hydroxyl groups is 1. The molecular weight excluding hydrogens is 438 g/mol. The molecule has 1 unspecified atom stereocenters. The lowest BCUT2D eigenvalue weighted by Crippen LogP contribution is -2.17. The molecule has 2 aromatic carbocycles. The number of rotatable bonds is 7. The average Bonchev–Trinajstić information content (AvgIpc) is 3.35. The van der Waals surface area contributed by atoms with Gasteiger partial charge in [-0.25, -0.2) is 13.8 Å². The molecule has 0 spiro atoms. The molecule has 7 heteroatoms. The van der Waals surface area contributed by atoms with Gasteiger partial charge in [0.05, 0.1) is 11.3 Å². The van der Waals surface area contributed by atoms with Gasteiger partial charge < -0.3 is 9.84 Å². The van der Waals surface area contributed by atoms with E-state index in [1.807, 2.05) is 24.3 Å². The zero-order valence-corrected chi connectivity index (χ0v) is 18.7. The number of benzene rings is 2. The van der Waals surface area contributed by atoms with Crippen LogP contribution in [0.4, 0.5) is 8.78 Å². The summed E-state index contributed by atoms with van der Waals surface area (Å²) in [7, 11) is 0. The number of Topliss-reactive ketones (excluding diaryl/α,β-unsaturated/α-hetero) is 1. The van der Waals surface area contributed by atoms with Crippen molar-refractivity contribution in [1.29, 1.82) is 0 Å². The highest BCUT2D eigenvalue weighted by Gasteiger charge is 2.34. The molecule has 0 bridgehead atoms. The van der Waals surface area contributed by atoms with E-state index >= 15 is 0 Å². The van der Waals surface area contributed by atoms with Crippen molar-refractivity contribution < 1.29 is 23.4 Å². The number of fused-ring (bicyclic) bond motifs is 2. The number of aryl methyl sites for hydroxylation is 1. The van der Waals surface area contributed by atoms with Gasteiger partial charge in [-0.2, -0.15) is 0 Å². The Labute approximate surface area is 195 Å². The van der Waals surface area contributed by atoms with Gasteiger partial charge in [-0.15, -0.1) is 0 Å². The monoisotopic (exact) mass is 462 g/mol. The molecule has 0 aliphatic heterocycles. The van der Waals surface area contributed by atoms with Crippen molar-refractivity contribution in [2.75, 3.05) is 6.61 Å². The number of hydrogen-bond donors (Lipinski definition) is 1. The summed E-state index contributed by atoms with van der Waals surface area (Å²) < 4.78 is 35.4. The number of imidazole rings is 1. The van der Waals surface area contributed by atoms with Crippen LogP contribution in [-0.4, -0.2) is 26.9 Å². The maximum Gasteiger partial charge on any atom is 0.182 e. The largest absolute Gasteiger partial charge is 0.485 e.